The summed E-state index contributed by atoms with van der Waals surface area (Å²) < 4.78 is 27.5. The molecule has 1 unspecified atom stereocenters. The van der Waals surface area contributed by atoms with Gasteiger partial charge < -0.3 is 0 Å². The summed E-state index contributed by atoms with van der Waals surface area (Å²) in [6.45, 7) is 3.11. The Balaban J connectivity index is 2.48. The van der Waals surface area contributed by atoms with Crippen molar-refractivity contribution in [2.45, 2.75) is 32.2 Å². The van der Waals surface area contributed by atoms with Crippen LogP contribution in [-0.4, -0.2) is 37.7 Å². The highest BCUT2D eigenvalue weighted by atomic mass is 35.5. The molecule has 0 radical (unpaired) electrons. The number of hydrogen-bond donors (Lipinski definition) is 1. The molecule has 0 aromatic heterocycles. The first-order valence-electron chi connectivity index (χ1n) is 4.89. The quantitative estimate of drug-likeness (QED) is 0.727. The van der Waals surface area contributed by atoms with E-state index in [0.29, 0.717) is 25.4 Å². The van der Waals surface area contributed by atoms with E-state index in [2.05, 4.69) is 4.72 Å². The van der Waals surface area contributed by atoms with Crippen molar-refractivity contribution in [3.05, 3.63) is 0 Å². The van der Waals surface area contributed by atoms with E-state index < -0.39 is 10.2 Å². The maximum Gasteiger partial charge on any atom is 0.279 e. The zero-order valence-electron chi connectivity index (χ0n) is 8.37. The first-order valence-corrected chi connectivity index (χ1v) is 6.87. The van der Waals surface area contributed by atoms with E-state index in [1.54, 1.807) is 0 Å². The monoisotopic (exact) mass is 240 g/mol. The van der Waals surface area contributed by atoms with Gasteiger partial charge in [-0.05, 0) is 26.2 Å². The van der Waals surface area contributed by atoms with E-state index in [0.717, 1.165) is 12.8 Å². The number of halogens is 1. The molecule has 0 spiro atoms. The molecule has 84 valence electrons. The molecule has 4 nitrogen and oxygen atoms in total. The van der Waals surface area contributed by atoms with E-state index in [-0.39, 0.29) is 6.04 Å². The summed E-state index contributed by atoms with van der Waals surface area (Å²) >= 11 is 5.54. The van der Waals surface area contributed by atoms with Crippen molar-refractivity contribution >= 4 is 21.8 Å². The van der Waals surface area contributed by atoms with Gasteiger partial charge in [-0.3, -0.25) is 0 Å². The normalized spacial score (nSPS) is 21.3. The Morgan fingerprint density at radius 3 is 2.50 bits per heavy atom. The van der Waals surface area contributed by atoms with Gasteiger partial charge >= 0.3 is 0 Å². The summed E-state index contributed by atoms with van der Waals surface area (Å²) in [5.41, 5.74) is 0. The molecule has 1 rings (SSSR count). The van der Waals surface area contributed by atoms with E-state index in [4.69, 9.17) is 11.6 Å². The van der Waals surface area contributed by atoms with Crippen molar-refractivity contribution in [3.63, 3.8) is 0 Å². The molecule has 1 aliphatic heterocycles. The molecule has 1 N–H and O–H groups in total. The number of hydrogen-bond acceptors (Lipinski definition) is 2. The van der Waals surface area contributed by atoms with Gasteiger partial charge in [-0.15, -0.1) is 11.6 Å². The molecule has 1 aliphatic rings. The van der Waals surface area contributed by atoms with Gasteiger partial charge in [0.1, 0.15) is 0 Å². The third kappa shape index (κ3) is 3.38. The largest absolute Gasteiger partial charge is 0.279 e. The van der Waals surface area contributed by atoms with Crippen molar-refractivity contribution in [2.75, 3.05) is 19.0 Å². The fraction of sp³-hybridized carbons (Fsp3) is 1.00. The highest BCUT2D eigenvalue weighted by molar-refractivity contribution is 7.87. The Labute approximate surface area is 90.8 Å². The SMILES string of the molecule is CC(CCCl)NS(=O)(=O)N1CCCC1. The molecule has 1 atom stereocenters. The number of rotatable bonds is 5. The Morgan fingerprint density at radius 1 is 1.43 bits per heavy atom. The topological polar surface area (TPSA) is 49.4 Å². The molecule has 1 heterocycles. The van der Waals surface area contributed by atoms with Gasteiger partial charge in [0.2, 0.25) is 0 Å². The zero-order valence-corrected chi connectivity index (χ0v) is 9.94. The average molecular weight is 241 g/mol. The Bertz CT molecular complexity index is 263. The molecule has 0 aromatic carbocycles. The van der Waals surface area contributed by atoms with Gasteiger partial charge in [-0.2, -0.15) is 17.4 Å². The lowest BCUT2D eigenvalue weighted by Gasteiger charge is -2.19. The standard InChI is InChI=1S/C8H17ClN2O2S/c1-8(4-5-9)10-14(12,13)11-6-2-3-7-11/h8,10H,2-7H2,1H3. The summed E-state index contributed by atoms with van der Waals surface area (Å²) in [6.07, 6.45) is 2.59. The smallest absolute Gasteiger partial charge is 0.199 e. The average Bonchev–Trinajstić information content (AvgIpc) is 2.54. The second kappa shape index (κ2) is 5.30. The van der Waals surface area contributed by atoms with Gasteiger partial charge in [0.15, 0.2) is 0 Å². The van der Waals surface area contributed by atoms with Crippen LogP contribution in [-0.2, 0) is 10.2 Å². The van der Waals surface area contributed by atoms with Crippen molar-refractivity contribution < 1.29 is 8.42 Å². The van der Waals surface area contributed by atoms with Crippen LogP contribution in [0.2, 0.25) is 0 Å². The van der Waals surface area contributed by atoms with Crippen LogP contribution in [0.25, 0.3) is 0 Å². The Kier molecular flexibility index (Phi) is 4.63. The van der Waals surface area contributed by atoms with Crippen LogP contribution >= 0.6 is 11.6 Å². The van der Waals surface area contributed by atoms with Crippen LogP contribution in [0.1, 0.15) is 26.2 Å². The summed E-state index contributed by atoms with van der Waals surface area (Å²) in [7, 11) is -3.26. The van der Waals surface area contributed by atoms with Gasteiger partial charge in [0.05, 0.1) is 0 Å². The summed E-state index contributed by atoms with van der Waals surface area (Å²) in [5, 5.41) is 0. The van der Waals surface area contributed by atoms with Crippen LogP contribution in [0.5, 0.6) is 0 Å². The van der Waals surface area contributed by atoms with Crippen LogP contribution in [0.15, 0.2) is 0 Å². The van der Waals surface area contributed by atoms with Gasteiger partial charge in [-0.25, -0.2) is 0 Å². The maximum atomic E-state index is 11.7. The zero-order chi connectivity index (χ0) is 10.6. The molecule has 6 heteroatoms. The molecule has 0 aromatic rings. The molecule has 0 aliphatic carbocycles. The van der Waals surface area contributed by atoms with Crippen molar-refractivity contribution in [1.82, 2.24) is 9.03 Å². The fourth-order valence-electron chi connectivity index (χ4n) is 1.48. The van der Waals surface area contributed by atoms with Crippen LogP contribution in [0, 0.1) is 0 Å². The summed E-state index contributed by atoms with van der Waals surface area (Å²) in [6, 6.07) is -0.0851. The van der Waals surface area contributed by atoms with Crippen molar-refractivity contribution in [2.24, 2.45) is 0 Å². The van der Waals surface area contributed by atoms with Gasteiger partial charge in [0.25, 0.3) is 10.2 Å². The lowest BCUT2D eigenvalue weighted by Crippen LogP contribution is -2.43. The molecule has 0 saturated carbocycles. The highest BCUT2D eigenvalue weighted by Gasteiger charge is 2.26. The minimum atomic E-state index is -3.26. The van der Waals surface area contributed by atoms with E-state index in [9.17, 15) is 8.42 Å². The van der Waals surface area contributed by atoms with Gasteiger partial charge in [0, 0.05) is 25.0 Å². The predicted octanol–water partition coefficient (Wildman–Crippen LogP) is 0.934. The van der Waals surface area contributed by atoms with Crippen molar-refractivity contribution in [3.8, 4) is 0 Å². The predicted molar refractivity (Wildman–Crippen MR) is 57.7 cm³/mol. The number of alkyl halides is 1. The molecule has 1 saturated heterocycles. The second-order valence-electron chi connectivity index (χ2n) is 3.61. The number of nitrogens with one attached hydrogen (secondary N) is 1. The molecule has 0 bridgehead atoms. The Hall–Kier alpha value is 0.160. The van der Waals surface area contributed by atoms with Crippen LogP contribution in [0.4, 0.5) is 0 Å². The van der Waals surface area contributed by atoms with Crippen LogP contribution in [0.3, 0.4) is 0 Å². The molecule has 0 amide bonds. The van der Waals surface area contributed by atoms with E-state index >= 15 is 0 Å². The van der Waals surface area contributed by atoms with Gasteiger partial charge in [-0.1, -0.05) is 0 Å². The minimum absolute atomic E-state index is 0.0851. The second-order valence-corrected chi connectivity index (χ2v) is 5.69. The minimum Gasteiger partial charge on any atom is -0.199 e. The van der Waals surface area contributed by atoms with E-state index in [1.165, 1.54) is 4.31 Å². The number of nitrogens with zero attached hydrogens (tertiary/aromatic N) is 1. The first kappa shape index (κ1) is 12.2. The summed E-state index contributed by atoms with van der Waals surface area (Å²) in [5.74, 6) is 0.476. The van der Waals surface area contributed by atoms with Crippen LogP contribution < -0.4 is 4.72 Å². The maximum absolute atomic E-state index is 11.7. The highest BCUT2D eigenvalue weighted by Crippen LogP contribution is 2.12. The fourth-order valence-corrected chi connectivity index (χ4v) is 3.32. The first-order chi connectivity index (χ1) is 6.56. The third-order valence-corrected chi connectivity index (χ3v) is 4.26. The third-order valence-electron chi connectivity index (χ3n) is 2.30. The summed E-state index contributed by atoms with van der Waals surface area (Å²) in [4.78, 5) is 0. The lowest BCUT2D eigenvalue weighted by atomic mass is 10.3. The Morgan fingerprint density at radius 2 is 2.00 bits per heavy atom. The van der Waals surface area contributed by atoms with E-state index in [1.807, 2.05) is 6.92 Å². The van der Waals surface area contributed by atoms with Crippen molar-refractivity contribution in [1.29, 1.82) is 0 Å². The molecular weight excluding hydrogens is 224 g/mol. The molecule has 1 fully saturated rings. The lowest BCUT2D eigenvalue weighted by molar-refractivity contribution is 0.453. The molecular formula is C8H17ClN2O2S. The molecule has 14 heavy (non-hydrogen) atoms.